The molecule has 1 aliphatic heterocycles. The number of rotatable bonds is 8. The second kappa shape index (κ2) is 10.8. The van der Waals surface area contributed by atoms with Crippen LogP contribution in [0.3, 0.4) is 0 Å². The van der Waals surface area contributed by atoms with Crippen molar-refractivity contribution in [2.75, 3.05) is 18.4 Å². The number of carbonyl (C=O) groups is 1. The molecule has 2 aromatic rings. The van der Waals surface area contributed by atoms with E-state index in [0.717, 1.165) is 31.1 Å². The van der Waals surface area contributed by atoms with E-state index in [1.54, 1.807) is 0 Å². The molecule has 0 saturated heterocycles. The number of halogens is 2. The zero-order valence-corrected chi connectivity index (χ0v) is 20.8. The van der Waals surface area contributed by atoms with Gasteiger partial charge in [0, 0.05) is 37.8 Å². The molecule has 1 aliphatic rings. The Morgan fingerprint density at radius 3 is 2.44 bits per heavy atom. The molecule has 0 saturated carbocycles. The van der Waals surface area contributed by atoms with E-state index in [1.807, 2.05) is 0 Å². The Morgan fingerprint density at radius 2 is 1.82 bits per heavy atom. The molecule has 0 radical (unpaired) electrons. The summed E-state index contributed by atoms with van der Waals surface area (Å²) < 4.78 is 27.3. The van der Waals surface area contributed by atoms with E-state index in [9.17, 15) is 18.7 Å². The Kier molecular flexibility index (Phi) is 8.31. The van der Waals surface area contributed by atoms with Gasteiger partial charge in [0.15, 0.2) is 0 Å². The summed E-state index contributed by atoms with van der Waals surface area (Å²) in [6.45, 7) is 11.2. The predicted octanol–water partition coefficient (Wildman–Crippen LogP) is 4.42. The van der Waals surface area contributed by atoms with Crippen LogP contribution >= 0.6 is 0 Å². The molecular weight excluding hydrogens is 436 g/mol. The number of hydrogen-bond acceptors (Lipinski definition) is 4. The molecule has 4 N–H and O–H groups in total. The first-order chi connectivity index (χ1) is 15.9. The van der Waals surface area contributed by atoms with Crippen LogP contribution in [0.15, 0.2) is 30.3 Å². The first kappa shape index (κ1) is 26.1. The minimum absolute atomic E-state index is 0.0501. The molecule has 7 heteroatoms. The maximum atomic E-state index is 13.6. The highest BCUT2D eigenvalue weighted by Gasteiger charge is 2.26. The predicted molar refractivity (Wildman–Crippen MR) is 132 cm³/mol. The smallest absolute Gasteiger partial charge is 0.217 e. The molecule has 34 heavy (non-hydrogen) atoms. The molecule has 0 bridgehead atoms. The van der Waals surface area contributed by atoms with Gasteiger partial charge in [-0.25, -0.2) is 8.78 Å². The van der Waals surface area contributed by atoms with E-state index in [0.29, 0.717) is 5.56 Å². The van der Waals surface area contributed by atoms with Gasteiger partial charge in [0.1, 0.15) is 11.6 Å². The van der Waals surface area contributed by atoms with Crippen molar-refractivity contribution in [2.45, 2.75) is 72.1 Å². The van der Waals surface area contributed by atoms with E-state index in [1.165, 1.54) is 35.7 Å². The summed E-state index contributed by atoms with van der Waals surface area (Å²) in [5.41, 5.74) is 5.34. The summed E-state index contributed by atoms with van der Waals surface area (Å²) in [4.78, 5) is 11.7. The van der Waals surface area contributed by atoms with Gasteiger partial charge in [-0.1, -0.05) is 32.9 Å². The minimum atomic E-state index is -0.938. The van der Waals surface area contributed by atoms with E-state index >= 15 is 0 Å². The molecular formula is C27H37F2N3O2. The van der Waals surface area contributed by atoms with Gasteiger partial charge in [-0.3, -0.25) is 4.79 Å². The highest BCUT2D eigenvalue weighted by Crippen LogP contribution is 2.35. The zero-order valence-electron chi connectivity index (χ0n) is 20.8. The molecule has 1 amide bonds. The van der Waals surface area contributed by atoms with Gasteiger partial charge in [0.25, 0.3) is 0 Å². The van der Waals surface area contributed by atoms with Gasteiger partial charge in [0.2, 0.25) is 5.91 Å². The zero-order chi connectivity index (χ0) is 25.0. The molecule has 0 aromatic heterocycles. The largest absolute Gasteiger partial charge is 0.390 e. The summed E-state index contributed by atoms with van der Waals surface area (Å²) in [7, 11) is 0. The summed E-state index contributed by atoms with van der Waals surface area (Å²) in [6.07, 6.45) is 1.00. The van der Waals surface area contributed by atoms with Crippen molar-refractivity contribution in [3.8, 4) is 0 Å². The third-order valence-electron chi connectivity index (χ3n) is 6.07. The number of amides is 1. The standard InChI is InChI=1S/C27H37F2N3O2/c1-16-8-19(14-27(3,4)5)11-22-23(6-7-30-26(16)22)31-15-25(34)24(32-17(2)33)12-18-9-20(28)13-21(29)10-18/h8-11,13,23-25,30-31,34H,6-7,12,14-15H2,1-5H3,(H,32,33). The molecule has 3 rings (SSSR count). The topological polar surface area (TPSA) is 73.4 Å². The van der Waals surface area contributed by atoms with Crippen molar-refractivity contribution in [2.24, 2.45) is 5.41 Å². The van der Waals surface area contributed by atoms with Gasteiger partial charge >= 0.3 is 0 Å². The number of hydrogen-bond donors (Lipinski definition) is 4. The van der Waals surface area contributed by atoms with Gasteiger partial charge in [-0.05, 0) is 66.0 Å². The van der Waals surface area contributed by atoms with Crippen LogP contribution < -0.4 is 16.0 Å². The maximum Gasteiger partial charge on any atom is 0.217 e. The lowest BCUT2D eigenvalue weighted by molar-refractivity contribution is -0.120. The van der Waals surface area contributed by atoms with Crippen LogP contribution in [0.4, 0.5) is 14.5 Å². The van der Waals surface area contributed by atoms with Gasteiger partial charge in [-0.15, -0.1) is 0 Å². The lowest BCUT2D eigenvalue weighted by Gasteiger charge is -2.32. The van der Waals surface area contributed by atoms with Crippen molar-refractivity contribution in [3.05, 3.63) is 64.2 Å². The fourth-order valence-electron chi connectivity index (χ4n) is 4.76. The Morgan fingerprint density at radius 1 is 1.15 bits per heavy atom. The molecule has 0 fully saturated rings. The lowest BCUT2D eigenvalue weighted by atomic mass is 9.85. The van der Waals surface area contributed by atoms with Gasteiger partial charge in [0.05, 0.1) is 12.1 Å². The van der Waals surface area contributed by atoms with E-state index in [4.69, 9.17) is 0 Å². The Bertz CT molecular complexity index is 999. The van der Waals surface area contributed by atoms with Crippen molar-refractivity contribution in [3.63, 3.8) is 0 Å². The van der Waals surface area contributed by atoms with E-state index in [-0.39, 0.29) is 30.3 Å². The van der Waals surface area contributed by atoms with Crippen LogP contribution in [0, 0.1) is 24.0 Å². The SMILES string of the molecule is CC(=O)NC(Cc1cc(F)cc(F)c1)C(O)CNC1CCNc2c(C)cc(CC(C)(C)C)cc21. The number of aliphatic hydroxyl groups excluding tert-OH is 1. The van der Waals surface area contributed by atoms with Crippen LogP contribution in [0.1, 0.15) is 62.4 Å². The summed E-state index contributed by atoms with van der Waals surface area (Å²) in [5.74, 6) is -1.68. The number of fused-ring (bicyclic) bond motifs is 1. The number of benzene rings is 2. The maximum absolute atomic E-state index is 13.6. The minimum Gasteiger partial charge on any atom is -0.390 e. The second-order valence-corrected chi connectivity index (χ2v) is 10.6. The number of anilines is 1. The first-order valence-electron chi connectivity index (χ1n) is 11.9. The van der Waals surface area contributed by atoms with Crippen molar-refractivity contribution >= 4 is 11.6 Å². The van der Waals surface area contributed by atoms with Crippen molar-refractivity contribution < 1.29 is 18.7 Å². The van der Waals surface area contributed by atoms with Crippen LogP contribution in [0.25, 0.3) is 0 Å². The average molecular weight is 474 g/mol. The molecule has 0 aliphatic carbocycles. The fourth-order valence-corrected chi connectivity index (χ4v) is 4.76. The molecule has 5 nitrogen and oxygen atoms in total. The molecule has 3 atom stereocenters. The number of nitrogens with one attached hydrogen (secondary N) is 3. The van der Waals surface area contributed by atoms with Crippen molar-refractivity contribution in [1.29, 1.82) is 0 Å². The van der Waals surface area contributed by atoms with Crippen LogP contribution in [-0.2, 0) is 17.6 Å². The summed E-state index contributed by atoms with van der Waals surface area (Å²) in [6, 6.07) is 7.10. The fraction of sp³-hybridized carbons (Fsp3) is 0.519. The molecule has 2 aromatic carbocycles. The Balaban J connectivity index is 1.74. The summed E-state index contributed by atoms with van der Waals surface area (Å²) in [5, 5.41) is 20.6. The highest BCUT2D eigenvalue weighted by atomic mass is 19.1. The van der Waals surface area contributed by atoms with Crippen LogP contribution in [0.5, 0.6) is 0 Å². The monoisotopic (exact) mass is 473 g/mol. The number of carbonyl (C=O) groups excluding carboxylic acids is 1. The van der Waals surface area contributed by atoms with E-state index in [2.05, 4.69) is 55.8 Å². The van der Waals surface area contributed by atoms with E-state index < -0.39 is 23.8 Å². The molecule has 0 spiro atoms. The third-order valence-corrected chi connectivity index (χ3v) is 6.07. The number of aryl methyl sites for hydroxylation is 1. The van der Waals surface area contributed by atoms with Gasteiger partial charge < -0.3 is 21.1 Å². The Hall–Kier alpha value is -2.51. The quantitative estimate of drug-likeness (QED) is 0.458. The third kappa shape index (κ3) is 7.24. The normalized spacial score (nSPS) is 17.5. The van der Waals surface area contributed by atoms with Gasteiger partial charge in [-0.2, -0.15) is 0 Å². The first-order valence-corrected chi connectivity index (χ1v) is 11.9. The lowest BCUT2D eigenvalue weighted by Crippen LogP contribution is -2.48. The average Bonchev–Trinajstić information content (AvgIpc) is 2.69. The Labute approximate surface area is 201 Å². The van der Waals surface area contributed by atoms with Crippen molar-refractivity contribution in [1.82, 2.24) is 10.6 Å². The molecule has 3 unspecified atom stereocenters. The van der Waals surface area contributed by atoms with Crippen LogP contribution in [0.2, 0.25) is 0 Å². The molecule has 1 heterocycles. The second-order valence-electron chi connectivity index (χ2n) is 10.6. The number of aliphatic hydroxyl groups is 1. The molecule has 186 valence electrons. The highest BCUT2D eigenvalue weighted by molar-refractivity contribution is 5.73. The van der Waals surface area contributed by atoms with Crippen LogP contribution in [-0.4, -0.2) is 36.2 Å². The summed E-state index contributed by atoms with van der Waals surface area (Å²) >= 11 is 0.